The summed E-state index contributed by atoms with van der Waals surface area (Å²) in [7, 11) is 1.58. The van der Waals surface area contributed by atoms with Crippen molar-refractivity contribution in [2.75, 3.05) is 33.3 Å². The van der Waals surface area contributed by atoms with Gasteiger partial charge in [0.25, 0.3) is 5.91 Å². The van der Waals surface area contributed by atoms with Gasteiger partial charge in [0, 0.05) is 6.54 Å². The largest absolute Gasteiger partial charge is 0.496 e. The van der Waals surface area contributed by atoms with Crippen LogP contribution in [0.4, 0.5) is 0 Å². The number of carbonyl (C=O) groups is 1. The monoisotopic (exact) mass is 292 g/mol. The maximum absolute atomic E-state index is 12.1. The molecule has 118 valence electrons. The van der Waals surface area contributed by atoms with Crippen molar-refractivity contribution in [2.45, 2.75) is 33.1 Å². The van der Waals surface area contributed by atoms with E-state index in [9.17, 15) is 4.79 Å². The van der Waals surface area contributed by atoms with E-state index in [-0.39, 0.29) is 5.91 Å². The Bertz CT molecular complexity index is 417. The van der Waals surface area contributed by atoms with Crippen molar-refractivity contribution in [1.29, 1.82) is 0 Å². The first kappa shape index (κ1) is 17.5. The van der Waals surface area contributed by atoms with Crippen LogP contribution >= 0.6 is 0 Å². The molecule has 0 aromatic heterocycles. The number of unbranched alkanes of at least 4 members (excludes halogenated alkanes) is 2. The Hall–Kier alpha value is -1.55. The van der Waals surface area contributed by atoms with Gasteiger partial charge in [-0.15, -0.1) is 0 Å². The van der Waals surface area contributed by atoms with Crippen molar-refractivity contribution in [3.63, 3.8) is 0 Å². The van der Waals surface area contributed by atoms with E-state index >= 15 is 0 Å². The molecule has 0 aliphatic rings. The summed E-state index contributed by atoms with van der Waals surface area (Å²) < 4.78 is 5.20. The fraction of sp³-hybridized carbons (Fsp3) is 0.588. The summed E-state index contributed by atoms with van der Waals surface area (Å²) in [5.41, 5.74) is 0.600. The molecule has 1 amide bonds. The standard InChI is InChI=1S/C17H28N2O2/c1-4-19(5-2)14-10-6-9-13-18-17(20)15-11-7-8-12-16(15)21-3/h7-8,11-12H,4-6,9-10,13-14H2,1-3H3,(H,18,20). The zero-order chi connectivity index (χ0) is 15.5. The van der Waals surface area contributed by atoms with Gasteiger partial charge in [-0.3, -0.25) is 4.79 Å². The SMILES string of the molecule is CCN(CC)CCCCCNC(=O)c1ccccc1OC. The van der Waals surface area contributed by atoms with Gasteiger partial charge in [-0.1, -0.05) is 32.4 Å². The third-order valence-corrected chi connectivity index (χ3v) is 3.68. The number of nitrogens with zero attached hydrogens (tertiary/aromatic N) is 1. The minimum atomic E-state index is -0.0591. The van der Waals surface area contributed by atoms with Crippen LogP contribution in [0.25, 0.3) is 0 Å². The van der Waals surface area contributed by atoms with E-state index in [4.69, 9.17) is 4.74 Å². The molecule has 0 spiro atoms. The average molecular weight is 292 g/mol. The van der Waals surface area contributed by atoms with Crippen molar-refractivity contribution in [3.8, 4) is 5.75 Å². The molecule has 4 heteroatoms. The first-order valence-corrected chi connectivity index (χ1v) is 7.86. The highest BCUT2D eigenvalue weighted by Crippen LogP contribution is 2.16. The predicted octanol–water partition coefficient (Wildman–Crippen LogP) is 2.94. The molecular formula is C17H28N2O2. The molecular weight excluding hydrogens is 264 g/mol. The number of rotatable bonds is 10. The van der Waals surface area contributed by atoms with Crippen molar-refractivity contribution in [3.05, 3.63) is 29.8 Å². The molecule has 0 bridgehead atoms. The second-order valence-electron chi connectivity index (χ2n) is 5.04. The number of hydrogen-bond donors (Lipinski definition) is 1. The molecule has 21 heavy (non-hydrogen) atoms. The number of carbonyl (C=O) groups excluding carboxylic acids is 1. The van der Waals surface area contributed by atoms with Gasteiger partial charge < -0.3 is 15.0 Å². The average Bonchev–Trinajstić information content (AvgIpc) is 2.54. The number of ether oxygens (including phenoxy) is 1. The fourth-order valence-electron chi connectivity index (χ4n) is 2.31. The number of para-hydroxylation sites is 1. The highest BCUT2D eigenvalue weighted by molar-refractivity contribution is 5.96. The lowest BCUT2D eigenvalue weighted by molar-refractivity contribution is 0.0950. The van der Waals surface area contributed by atoms with Crippen LogP contribution in [0.2, 0.25) is 0 Å². The van der Waals surface area contributed by atoms with E-state index in [0.29, 0.717) is 11.3 Å². The lowest BCUT2D eigenvalue weighted by Gasteiger charge is -2.17. The topological polar surface area (TPSA) is 41.6 Å². The number of methoxy groups -OCH3 is 1. The van der Waals surface area contributed by atoms with Crippen LogP contribution in [0, 0.1) is 0 Å². The minimum absolute atomic E-state index is 0.0591. The molecule has 0 aliphatic heterocycles. The maximum Gasteiger partial charge on any atom is 0.255 e. The van der Waals surface area contributed by atoms with E-state index in [1.165, 1.54) is 6.42 Å². The fourth-order valence-corrected chi connectivity index (χ4v) is 2.31. The molecule has 0 heterocycles. The smallest absolute Gasteiger partial charge is 0.255 e. The first-order valence-electron chi connectivity index (χ1n) is 7.86. The summed E-state index contributed by atoms with van der Waals surface area (Å²) in [4.78, 5) is 14.5. The number of benzene rings is 1. The predicted molar refractivity (Wildman–Crippen MR) is 87.0 cm³/mol. The third kappa shape index (κ3) is 6.17. The second kappa shape index (κ2) is 10.2. The van der Waals surface area contributed by atoms with Crippen LogP contribution in [0.3, 0.4) is 0 Å². The number of nitrogens with one attached hydrogen (secondary N) is 1. The highest BCUT2D eigenvalue weighted by atomic mass is 16.5. The van der Waals surface area contributed by atoms with Gasteiger partial charge in [-0.2, -0.15) is 0 Å². The molecule has 0 unspecified atom stereocenters. The summed E-state index contributed by atoms with van der Waals surface area (Å²) in [6, 6.07) is 7.30. The van der Waals surface area contributed by atoms with E-state index in [1.807, 2.05) is 12.1 Å². The molecule has 0 saturated heterocycles. The van der Waals surface area contributed by atoms with Gasteiger partial charge in [0.15, 0.2) is 0 Å². The van der Waals surface area contributed by atoms with Crippen LogP contribution in [0.1, 0.15) is 43.5 Å². The van der Waals surface area contributed by atoms with Gasteiger partial charge in [0.2, 0.25) is 0 Å². The Morgan fingerprint density at radius 2 is 1.86 bits per heavy atom. The van der Waals surface area contributed by atoms with E-state index in [2.05, 4.69) is 24.1 Å². The van der Waals surface area contributed by atoms with Crippen LogP contribution < -0.4 is 10.1 Å². The van der Waals surface area contributed by atoms with Crippen molar-refractivity contribution in [1.82, 2.24) is 10.2 Å². The quantitative estimate of drug-likeness (QED) is 0.674. The molecule has 0 aliphatic carbocycles. The van der Waals surface area contributed by atoms with Crippen molar-refractivity contribution in [2.24, 2.45) is 0 Å². The van der Waals surface area contributed by atoms with Crippen molar-refractivity contribution >= 4 is 5.91 Å². The Morgan fingerprint density at radius 1 is 1.14 bits per heavy atom. The molecule has 1 aromatic carbocycles. The van der Waals surface area contributed by atoms with Crippen LogP contribution in [0.5, 0.6) is 5.75 Å². The van der Waals surface area contributed by atoms with Crippen molar-refractivity contribution < 1.29 is 9.53 Å². The molecule has 1 N–H and O–H groups in total. The minimum Gasteiger partial charge on any atom is -0.496 e. The number of amides is 1. The van der Waals surface area contributed by atoms with Gasteiger partial charge in [-0.05, 0) is 44.6 Å². The van der Waals surface area contributed by atoms with Crippen LogP contribution in [-0.4, -0.2) is 44.1 Å². The van der Waals surface area contributed by atoms with Gasteiger partial charge >= 0.3 is 0 Å². The van der Waals surface area contributed by atoms with E-state index in [0.717, 1.165) is 39.0 Å². The third-order valence-electron chi connectivity index (χ3n) is 3.68. The Morgan fingerprint density at radius 3 is 2.52 bits per heavy atom. The summed E-state index contributed by atoms with van der Waals surface area (Å²) in [6.45, 7) is 8.47. The molecule has 1 aromatic rings. The van der Waals surface area contributed by atoms with Gasteiger partial charge in [0.05, 0.1) is 12.7 Å². The molecule has 4 nitrogen and oxygen atoms in total. The highest BCUT2D eigenvalue weighted by Gasteiger charge is 2.10. The lowest BCUT2D eigenvalue weighted by Crippen LogP contribution is -2.26. The van der Waals surface area contributed by atoms with Crippen LogP contribution in [0.15, 0.2) is 24.3 Å². The Labute approximate surface area is 128 Å². The second-order valence-corrected chi connectivity index (χ2v) is 5.04. The molecule has 0 saturated carbocycles. The molecule has 0 radical (unpaired) electrons. The molecule has 0 fully saturated rings. The van der Waals surface area contributed by atoms with E-state index in [1.54, 1.807) is 19.2 Å². The Kier molecular flexibility index (Phi) is 8.51. The molecule has 1 rings (SSSR count). The van der Waals surface area contributed by atoms with Crippen LogP contribution in [-0.2, 0) is 0 Å². The summed E-state index contributed by atoms with van der Waals surface area (Å²) >= 11 is 0. The first-order chi connectivity index (χ1) is 10.2. The van der Waals surface area contributed by atoms with E-state index < -0.39 is 0 Å². The summed E-state index contributed by atoms with van der Waals surface area (Å²) in [5, 5.41) is 2.96. The normalized spacial score (nSPS) is 10.7. The molecule has 0 atom stereocenters. The Balaban J connectivity index is 2.22. The van der Waals surface area contributed by atoms with Gasteiger partial charge in [-0.25, -0.2) is 0 Å². The summed E-state index contributed by atoms with van der Waals surface area (Å²) in [5.74, 6) is 0.563. The van der Waals surface area contributed by atoms with Gasteiger partial charge in [0.1, 0.15) is 5.75 Å². The maximum atomic E-state index is 12.1. The lowest BCUT2D eigenvalue weighted by atomic mass is 10.2. The number of hydrogen-bond acceptors (Lipinski definition) is 3. The summed E-state index contributed by atoms with van der Waals surface area (Å²) in [6.07, 6.45) is 3.34. The zero-order valence-corrected chi connectivity index (χ0v) is 13.5. The zero-order valence-electron chi connectivity index (χ0n) is 13.5.